The molecule has 1 N–H and O–H groups in total. The summed E-state index contributed by atoms with van der Waals surface area (Å²) in [5, 5.41) is 37.4. The standard InChI is InChI=1S/C36H33BO2Si.C30H22OSi.C12H24B2O4/c1-35(2)36(3,4)39-37(38-35)22-19-20-27-29(21-22)23-13-7-8-14-24(23)33-31(27)25-15-9-10-16-26(25)32-28-17-11-12-18-30(28)40(5,6)34(32)33;1-32(2)26-14-8-7-13-24(26)28-22-12-6-5-11-21(22)27-23-16-15-18(31)17-25(23)19-9-3-4-10-20(19)29(27)30(28)32;1-9(2)10(3,4)16-13(15-9)14-17-11(5,6)12(7,8)18-14/h7-21H,1-6H3;3-17,31H,1-2H3;1-8H3. The van der Waals surface area contributed by atoms with Crippen molar-refractivity contribution in [2.75, 3.05) is 0 Å². The molecular formula is C78H79B3O7Si2. The summed E-state index contributed by atoms with van der Waals surface area (Å²) >= 11 is 0. The molecule has 12 aromatic rings. The molecule has 0 amide bonds. The van der Waals surface area contributed by atoms with Crippen LogP contribution in [0.2, 0.25) is 26.2 Å². The second-order valence-corrected chi connectivity index (χ2v) is 38.5. The molecule has 7 nitrogen and oxygen atoms in total. The van der Waals surface area contributed by atoms with Crippen molar-refractivity contribution in [2.24, 2.45) is 0 Å². The zero-order valence-electron chi connectivity index (χ0n) is 54.9. The molecule has 17 rings (SSSR count). The normalized spacial score (nSPS) is 19.8. The summed E-state index contributed by atoms with van der Waals surface area (Å²) in [4.78, 5) is 0. The third-order valence-corrected chi connectivity index (χ3v) is 29.3. The van der Waals surface area contributed by atoms with E-state index < -0.39 is 30.2 Å². The van der Waals surface area contributed by atoms with Gasteiger partial charge in [0.2, 0.25) is 0 Å². The highest BCUT2D eigenvalue weighted by Crippen LogP contribution is 2.49. The Hall–Kier alpha value is -7.09. The van der Waals surface area contributed by atoms with Crippen LogP contribution < -0.4 is 26.2 Å². The number of hydrogen-bond donors (Lipinski definition) is 1. The number of phenolic OH excluding ortho intramolecular Hbond substituents is 1. The van der Waals surface area contributed by atoms with Crippen molar-refractivity contribution in [3.63, 3.8) is 0 Å². The molecule has 5 aliphatic heterocycles. The van der Waals surface area contributed by atoms with Gasteiger partial charge in [-0.15, -0.1) is 0 Å². The van der Waals surface area contributed by atoms with Crippen LogP contribution in [0.25, 0.3) is 108 Å². The molecule has 450 valence electrons. The second-order valence-electron chi connectivity index (χ2n) is 29.9. The smallest absolute Gasteiger partial charge is 0.494 e. The number of phenols is 1. The van der Waals surface area contributed by atoms with E-state index in [1.165, 1.54) is 108 Å². The molecule has 0 spiro atoms. The fraction of sp³-hybridized carbons (Fsp3) is 0.282. The molecule has 3 saturated heterocycles. The van der Waals surface area contributed by atoms with Gasteiger partial charge in [-0.2, -0.15) is 0 Å². The van der Waals surface area contributed by atoms with Gasteiger partial charge in [0.05, 0.1) is 33.6 Å². The van der Waals surface area contributed by atoms with Gasteiger partial charge in [0, 0.05) is 0 Å². The van der Waals surface area contributed by atoms with Gasteiger partial charge in [-0.05, 0) is 230 Å². The van der Waals surface area contributed by atoms with Crippen molar-refractivity contribution < 1.29 is 33.0 Å². The van der Waals surface area contributed by atoms with Gasteiger partial charge in [0.15, 0.2) is 0 Å². The summed E-state index contributed by atoms with van der Waals surface area (Å²) in [7, 11) is -5.24. The van der Waals surface area contributed by atoms with Crippen molar-refractivity contribution in [1.29, 1.82) is 0 Å². The Kier molecular flexibility index (Phi) is 13.1. The fourth-order valence-electron chi connectivity index (χ4n) is 15.5. The minimum absolute atomic E-state index is 0.314. The van der Waals surface area contributed by atoms with E-state index in [2.05, 4.69) is 224 Å². The number of fused-ring (bicyclic) bond motifs is 26. The van der Waals surface area contributed by atoms with Crippen LogP contribution in [0.4, 0.5) is 0 Å². The van der Waals surface area contributed by atoms with Crippen molar-refractivity contribution in [1.82, 2.24) is 0 Å². The highest BCUT2D eigenvalue weighted by molar-refractivity contribution is 7.11. The molecule has 0 aliphatic carbocycles. The Morgan fingerprint density at radius 3 is 1.00 bits per heavy atom. The van der Waals surface area contributed by atoms with Gasteiger partial charge in [0.1, 0.15) is 21.9 Å². The maximum atomic E-state index is 10.3. The Bertz CT molecular complexity index is 4970. The van der Waals surface area contributed by atoms with Gasteiger partial charge in [0.25, 0.3) is 0 Å². The van der Waals surface area contributed by atoms with Crippen LogP contribution in [0, 0.1) is 0 Å². The molecule has 90 heavy (non-hydrogen) atoms. The van der Waals surface area contributed by atoms with E-state index in [0.717, 1.165) is 10.8 Å². The molecular weight excluding hydrogens is 1140 g/mol. The van der Waals surface area contributed by atoms with Gasteiger partial charge < -0.3 is 33.0 Å². The van der Waals surface area contributed by atoms with E-state index >= 15 is 0 Å². The van der Waals surface area contributed by atoms with E-state index in [-0.39, 0.29) is 40.7 Å². The first-order valence-corrected chi connectivity index (χ1v) is 38.2. The quantitative estimate of drug-likeness (QED) is 0.137. The maximum absolute atomic E-state index is 10.3. The Morgan fingerprint density at radius 2 is 0.600 bits per heavy atom. The highest BCUT2D eigenvalue weighted by Gasteiger charge is 2.64. The van der Waals surface area contributed by atoms with Crippen LogP contribution in [0.15, 0.2) is 182 Å². The van der Waals surface area contributed by atoms with Crippen LogP contribution in [0.5, 0.6) is 5.75 Å². The summed E-state index contributed by atoms with van der Waals surface area (Å²) in [6.45, 7) is 34.8. The minimum Gasteiger partial charge on any atom is -0.508 e. The molecule has 5 aliphatic rings. The summed E-state index contributed by atoms with van der Waals surface area (Å²) < 4.78 is 36.8. The van der Waals surface area contributed by atoms with Crippen LogP contribution in [-0.2, 0) is 27.9 Å². The SMILES string of the molecule is CC1(C)OB(B2OC(C)(C)C(C)(C)O2)OC1(C)C.CC1(C)OB(c2ccc3c(c2)c2ccccc2c2c4c(c5ccccc5c32)-c2ccccc2[Si]4(C)C)OC1(C)C.C[Si]1(C)c2ccccc2-c2c1c1c3ccccc3c3cc(O)ccc3c1c1ccccc21. The Labute approximate surface area is 532 Å². The molecule has 0 unspecified atom stereocenters. The van der Waals surface area contributed by atoms with Crippen molar-refractivity contribution >= 4 is 150 Å². The molecule has 3 fully saturated rings. The third kappa shape index (κ3) is 8.54. The highest BCUT2D eigenvalue weighted by atomic mass is 28.3. The number of benzene rings is 12. The molecule has 0 bridgehead atoms. The largest absolute Gasteiger partial charge is 0.508 e. The predicted molar refractivity (Wildman–Crippen MR) is 387 cm³/mol. The fourth-order valence-corrected chi connectivity index (χ4v) is 22.4. The Morgan fingerprint density at radius 1 is 0.300 bits per heavy atom. The van der Waals surface area contributed by atoms with Crippen molar-refractivity contribution in [2.45, 2.75) is 143 Å². The predicted octanol–water partition coefficient (Wildman–Crippen LogP) is 16.5. The summed E-state index contributed by atoms with van der Waals surface area (Å²) in [6.07, 6.45) is 0. The summed E-state index contributed by atoms with van der Waals surface area (Å²) in [5.41, 5.74) is 4.60. The van der Waals surface area contributed by atoms with E-state index in [4.69, 9.17) is 27.9 Å². The lowest BCUT2D eigenvalue weighted by molar-refractivity contribution is 0.00578. The molecule has 0 atom stereocenters. The van der Waals surface area contributed by atoms with E-state index in [1.54, 1.807) is 15.6 Å². The summed E-state index contributed by atoms with van der Waals surface area (Å²) in [6, 6.07) is 66.6. The van der Waals surface area contributed by atoms with E-state index in [1.807, 2.05) is 67.5 Å². The lowest BCUT2D eigenvalue weighted by Gasteiger charge is -2.32. The summed E-state index contributed by atoms with van der Waals surface area (Å²) in [5.74, 6) is 0.314. The zero-order valence-corrected chi connectivity index (χ0v) is 56.9. The van der Waals surface area contributed by atoms with E-state index in [0.29, 0.717) is 5.75 Å². The molecule has 12 heteroatoms. The van der Waals surface area contributed by atoms with Crippen molar-refractivity contribution in [3.05, 3.63) is 182 Å². The van der Waals surface area contributed by atoms with Gasteiger partial charge in [-0.25, -0.2) is 0 Å². The topological polar surface area (TPSA) is 75.6 Å². The molecule has 12 aromatic carbocycles. The second kappa shape index (κ2) is 20.0. The third-order valence-electron chi connectivity index (χ3n) is 22.3. The molecule has 0 aromatic heterocycles. The number of aromatic hydroxyl groups is 1. The first-order valence-electron chi connectivity index (χ1n) is 32.2. The Balaban J connectivity index is 0.000000121. The van der Waals surface area contributed by atoms with Crippen LogP contribution in [-0.4, -0.2) is 76.0 Å². The number of hydrogen-bond acceptors (Lipinski definition) is 7. The van der Waals surface area contributed by atoms with Crippen molar-refractivity contribution in [3.8, 4) is 28.0 Å². The van der Waals surface area contributed by atoms with Crippen LogP contribution >= 0.6 is 0 Å². The minimum atomic E-state index is -1.97. The zero-order chi connectivity index (χ0) is 63.2. The number of rotatable bonds is 2. The monoisotopic (exact) mass is 1220 g/mol. The van der Waals surface area contributed by atoms with Gasteiger partial charge >= 0.3 is 21.1 Å². The van der Waals surface area contributed by atoms with Gasteiger partial charge in [-0.1, -0.05) is 196 Å². The first kappa shape index (κ1) is 59.2. The first-order chi connectivity index (χ1) is 42.6. The van der Waals surface area contributed by atoms with E-state index in [9.17, 15) is 5.11 Å². The average Bonchev–Trinajstić information content (AvgIpc) is 1.38. The average molecular weight is 1220 g/mol. The van der Waals surface area contributed by atoms with Gasteiger partial charge in [-0.3, -0.25) is 0 Å². The maximum Gasteiger partial charge on any atom is 0.494 e. The molecule has 0 saturated carbocycles. The lowest BCUT2D eigenvalue weighted by atomic mass is 9.49. The van der Waals surface area contributed by atoms with Crippen LogP contribution in [0.3, 0.4) is 0 Å². The molecule has 0 radical (unpaired) electrons. The lowest BCUT2D eigenvalue weighted by Crippen LogP contribution is -2.49. The van der Waals surface area contributed by atoms with Crippen LogP contribution in [0.1, 0.15) is 83.1 Å². The molecule has 5 heterocycles.